The second-order valence-corrected chi connectivity index (χ2v) is 7.74. The molecule has 0 radical (unpaired) electrons. The minimum absolute atomic E-state index is 0.516. The maximum absolute atomic E-state index is 6.52. The van der Waals surface area contributed by atoms with Crippen LogP contribution in [0.4, 0.5) is 0 Å². The van der Waals surface area contributed by atoms with Crippen LogP contribution in [-0.2, 0) is 19.3 Å². The van der Waals surface area contributed by atoms with E-state index in [1.807, 2.05) is 11.8 Å². The van der Waals surface area contributed by atoms with E-state index in [0.717, 1.165) is 37.4 Å². The zero-order chi connectivity index (χ0) is 15.4. The van der Waals surface area contributed by atoms with Gasteiger partial charge in [-0.3, -0.25) is 0 Å². The number of rotatable bonds is 4. The van der Waals surface area contributed by atoms with Crippen molar-refractivity contribution < 1.29 is 0 Å². The molecule has 22 heavy (non-hydrogen) atoms. The molecule has 116 valence electrons. The Labute approximate surface area is 142 Å². The summed E-state index contributed by atoms with van der Waals surface area (Å²) >= 11 is 8.45. The summed E-state index contributed by atoms with van der Waals surface area (Å²) in [6.07, 6.45) is 3.26. The number of hydrogen-bond acceptors (Lipinski definition) is 2. The Balaban J connectivity index is 1.79. The fourth-order valence-electron chi connectivity index (χ4n) is 3.03. The van der Waals surface area contributed by atoms with Gasteiger partial charge in [0, 0.05) is 10.1 Å². The molecule has 0 saturated carbocycles. The molecule has 2 aromatic rings. The standard InChI is InChI=1S/C19H22ClNS/c1-14(13-15-5-3-2-4-6-15)22-19-17-10-12-21-11-9-16(17)7-8-18(19)20/h2-8,14,21H,9-13H2,1H3. The molecule has 0 spiro atoms. The Morgan fingerprint density at radius 2 is 1.86 bits per heavy atom. The zero-order valence-electron chi connectivity index (χ0n) is 12.9. The van der Waals surface area contributed by atoms with Gasteiger partial charge in [0.25, 0.3) is 0 Å². The number of thioether (sulfide) groups is 1. The van der Waals surface area contributed by atoms with Crippen molar-refractivity contribution in [3.8, 4) is 0 Å². The normalized spacial score (nSPS) is 15.9. The van der Waals surface area contributed by atoms with E-state index in [0.29, 0.717) is 5.25 Å². The minimum Gasteiger partial charge on any atom is -0.316 e. The van der Waals surface area contributed by atoms with Crippen molar-refractivity contribution >= 4 is 23.4 Å². The quantitative estimate of drug-likeness (QED) is 0.811. The summed E-state index contributed by atoms with van der Waals surface area (Å²) in [4.78, 5) is 1.30. The van der Waals surface area contributed by atoms with Gasteiger partial charge in [-0.05, 0) is 55.1 Å². The maximum Gasteiger partial charge on any atom is 0.0544 e. The lowest BCUT2D eigenvalue weighted by Crippen LogP contribution is -2.16. The molecule has 1 heterocycles. The zero-order valence-corrected chi connectivity index (χ0v) is 14.5. The predicted octanol–water partition coefficient (Wildman–Crippen LogP) is 4.75. The predicted molar refractivity (Wildman–Crippen MR) is 97.2 cm³/mol. The third-order valence-electron chi connectivity index (χ3n) is 4.12. The molecule has 0 aromatic heterocycles. The van der Waals surface area contributed by atoms with Crippen LogP contribution < -0.4 is 5.32 Å². The highest BCUT2D eigenvalue weighted by Crippen LogP contribution is 2.37. The smallest absolute Gasteiger partial charge is 0.0544 e. The second kappa shape index (κ2) is 7.54. The summed E-state index contributed by atoms with van der Waals surface area (Å²) in [6.45, 7) is 4.41. The molecule has 0 bridgehead atoms. The van der Waals surface area contributed by atoms with E-state index >= 15 is 0 Å². The SMILES string of the molecule is CC(Cc1ccccc1)Sc1c(Cl)ccc2c1CCNCC2. The first kappa shape index (κ1) is 15.9. The van der Waals surface area contributed by atoms with Crippen molar-refractivity contribution in [2.24, 2.45) is 0 Å². The Morgan fingerprint density at radius 3 is 2.68 bits per heavy atom. The van der Waals surface area contributed by atoms with Gasteiger partial charge < -0.3 is 5.32 Å². The van der Waals surface area contributed by atoms with Crippen molar-refractivity contribution in [1.29, 1.82) is 0 Å². The van der Waals surface area contributed by atoms with E-state index < -0.39 is 0 Å². The fraction of sp³-hybridized carbons (Fsp3) is 0.368. The third kappa shape index (κ3) is 3.87. The van der Waals surface area contributed by atoms with Gasteiger partial charge in [-0.1, -0.05) is 54.9 Å². The van der Waals surface area contributed by atoms with E-state index in [4.69, 9.17) is 11.6 Å². The molecule has 1 aliphatic rings. The summed E-state index contributed by atoms with van der Waals surface area (Å²) in [7, 11) is 0. The van der Waals surface area contributed by atoms with Gasteiger partial charge in [-0.15, -0.1) is 11.8 Å². The van der Waals surface area contributed by atoms with Gasteiger partial charge in [-0.2, -0.15) is 0 Å². The van der Waals surface area contributed by atoms with Crippen LogP contribution in [0.25, 0.3) is 0 Å². The van der Waals surface area contributed by atoms with Gasteiger partial charge >= 0.3 is 0 Å². The summed E-state index contributed by atoms with van der Waals surface area (Å²) in [5.41, 5.74) is 4.31. The largest absolute Gasteiger partial charge is 0.316 e. The van der Waals surface area contributed by atoms with Crippen molar-refractivity contribution in [3.05, 3.63) is 64.2 Å². The van der Waals surface area contributed by atoms with Gasteiger partial charge in [-0.25, -0.2) is 0 Å². The number of benzene rings is 2. The van der Waals surface area contributed by atoms with Crippen molar-refractivity contribution in [3.63, 3.8) is 0 Å². The van der Waals surface area contributed by atoms with Crippen LogP contribution >= 0.6 is 23.4 Å². The molecular formula is C19H22ClNS. The minimum atomic E-state index is 0.516. The number of fused-ring (bicyclic) bond motifs is 1. The van der Waals surface area contributed by atoms with Crippen LogP contribution in [0.5, 0.6) is 0 Å². The summed E-state index contributed by atoms with van der Waals surface area (Å²) in [5.74, 6) is 0. The van der Waals surface area contributed by atoms with Crippen LogP contribution in [0.1, 0.15) is 23.6 Å². The molecule has 1 aliphatic heterocycles. The molecule has 1 N–H and O–H groups in total. The second-order valence-electron chi connectivity index (χ2n) is 5.88. The van der Waals surface area contributed by atoms with Crippen LogP contribution in [0.3, 0.4) is 0 Å². The average molecular weight is 332 g/mol. The van der Waals surface area contributed by atoms with Gasteiger partial charge in [0.15, 0.2) is 0 Å². The van der Waals surface area contributed by atoms with Crippen LogP contribution in [-0.4, -0.2) is 18.3 Å². The van der Waals surface area contributed by atoms with E-state index in [-0.39, 0.29) is 0 Å². The fourth-order valence-corrected chi connectivity index (χ4v) is 4.57. The third-order valence-corrected chi connectivity index (χ3v) is 5.82. The lowest BCUT2D eigenvalue weighted by Gasteiger charge is -2.18. The number of nitrogens with one attached hydrogen (secondary N) is 1. The van der Waals surface area contributed by atoms with Crippen molar-refractivity contribution in [2.75, 3.05) is 13.1 Å². The Morgan fingerprint density at radius 1 is 1.09 bits per heavy atom. The highest BCUT2D eigenvalue weighted by Gasteiger charge is 2.17. The van der Waals surface area contributed by atoms with Gasteiger partial charge in [0.2, 0.25) is 0 Å². The van der Waals surface area contributed by atoms with E-state index in [1.165, 1.54) is 21.6 Å². The Kier molecular flexibility index (Phi) is 5.46. The van der Waals surface area contributed by atoms with Gasteiger partial charge in [0.05, 0.1) is 5.02 Å². The monoisotopic (exact) mass is 331 g/mol. The van der Waals surface area contributed by atoms with Crippen molar-refractivity contribution in [1.82, 2.24) is 5.32 Å². The van der Waals surface area contributed by atoms with Crippen LogP contribution in [0.2, 0.25) is 5.02 Å². The Bertz CT molecular complexity index is 627. The molecule has 0 aliphatic carbocycles. The molecule has 0 amide bonds. The van der Waals surface area contributed by atoms with Crippen LogP contribution in [0, 0.1) is 0 Å². The van der Waals surface area contributed by atoms with E-state index in [1.54, 1.807) is 0 Å². The van der Waals surface area contributed by atoms with Gasteiger partial charge in [0.1, 0.15) is 0 Å². The molecule has 3 heteroatoms. The lowest BCUT2D eigenvalue weighted by molar-refractivity contribution is 0.709. The number of hydrogen-bond donors (Lipinski definition) is 1. The molecule has 3 rings (SSSR count). The summed E-state index contributed by atoms with van der Waals surface area (Å²) in [6, 6.07) is 15.0. The van der Waals surface area contributed by atoms with E-state index in [9.17, 15) is 0 Å². The molecule has 1 nitrogen and oxygen atoms in total. The van der Waals surface area contributed by atoms with Crippen molar-refractivity contribution in [2.45, 2.75) is 36.3 Å². The van der Waals surface area contributed by atoms with Crippen LogP contribution in [0.15, 0.2) is 47.4 Å². The molecule has 2 aromatic carbocycles. The topological polar surface area (TPSA) is 12.0 Å². The molecule has 1 unspecified atom stereocenters. The summed E-state index contributed by atoms with van der Waals surface area (Å²) < 4.78 is 0. The average Bonchev–Trinajstić information content (AvgIpc) is 2.77. The first-order chi connectivity index (χ1) is 10.7. The van der Waals surface area contributed by atoms with E-state index in [2.05, 4.69) is 54.7 Å². The highest BCUT2D eigenvalue weighted by atomic mass is 35.5. The first-order valence-electron chi connectivity index (χ1n) is 7.95. The lowest BCUT2D eigenvalue weighted by atomic mass is 10.0. The Hall–Kier alpha value is -0.960. The molecule has 0 fully saturated rings. The molecule has 1 atom stereocenters. The molecule has 0 saturated heterocycles. The number of halogens is 1. The first-order valence-corrected chi connectivity index (χ1v) is 9.21. The maximum atomic E-state index is 6.52. The summed E-state index contributed by atoms with van der Waals surface area (Å²) in [5, 5.41) is 4.91. The molecular weight excluding hydrogens is 310 g/mol. The highest BCUT2D eigenvalue weighted by molar-refractivity contribution is 8.00.